The molecule has 2 N–H and O–H groups in total. The fraction of sp³-hybridized carbons (Fsp3) is 0.545. The molecule has 1 aromatic carbocycles. The maximum atomic E-state index is 12.8. The van der Waals surface area contributed by atoms with Crippen LogP contribution in [0.1, 0.15) is 64.2 Å². The molecule has 0 radical (unpaired) electrons. The first-order chi connectivity index (χ1) is 14.4. The molecule has 0 aliphatic heterocycles. The maximum absolute atomic E-state index is 12.8. The number of esters is 2. The summed E-state index contributed by atoms with van der Waals surface area (Å²) in [4.78, 5) is 49.2. The van der Waals surface area contributed by atoms with Crippen LogP contribution in [0.3, 0.4) is 0 Å². The minimum Gasteiger partial charge on any atom is -0.478 e. The van der Waals surface area contributed by atoms with E-state index in [9.17, 15) is 24.3 Å². The number of carboxylic acid groups (broad SMARTS) is 1. The van der Waals surface area contributed by atoms with E-state index < -0.39 is 47.7 Å². The predicted molar refractivity (Wildman–Crippen MR) is 112 cm³/mol. The molecule has 1 amide bonds. The van der Waals surface area contributed by atoms with Gasteiger partial charge >= 0.3 is 29.6 Å². The zero-order chi connectivity index (χ0) is 23.7. The van der Waals surface area contributed by atoms with Gasteiger partial charge in [-0.2, -0.15) is 0 Å². The Kier molecular flexibility index (Phi) is 9.48. The summed E-state index contributed by atoms with van der Waals surface area (Å²) < 4.78 is 15.5. The van der Waals surface area contributed by atoms with Crippen LogP contribution >= 0.6 is 0 Å². The third kappa shape index (κ3) is 8.27. The molecule has 0 spiro atoms. The summed E-state index contributed by atoms with van der Waals surface area (Å²) in [6, 6.07) is 7.74. The molecule has 0 aromatic heterocycles. The van der Waals surface area contributed by atoms with E-state index in [1.807, 2.05) is 0 Å². The van der Waals surface area contributed by atoms with E-state index in [2.05, 4.69) is 5.32 Å². The Hall–Kier alpha value is -3.10. The molecule has 0 saturated carbocycles. The molecular weight excluding hydrogens is 406 g/mol. The standard InChI is InChI=1S/C22H31NO8/c1-6-15(2)29-19(27)22(18(25)26,30-17(24)16-11-8-7-9-12-16)13-10-14-23-20(28)31-21(3,4)5/h7-9,11-12,15H,6,10,13-14H2,1-5H3,(H,23,28)(H,25,26). The van der Waals surface area contributed by atoms with Crippen molar-refractivity contribution >= 4 is 24.0 Å². The number of aliphatic carboxylic acids is 1. The molecule has 2 atom stereocenters. The first-order valence-electron chi connectivity index (χ1n) is 10.1. The van der Waals surface area contributed by atoms with Crippen molar-refractivity contribution in [2.24, 2.45) is 0 Å². The summed E-state index contributed by atoms with van der Waals surface area (Å²) in [5.74, 6) is -3.79. The highest BCUT2D eigenvalue weighted by molar-refractivity contribution is 6.06. The Morgan fingerprint density at radius 1 is 1.06 bits per heavy atom. The first-order valence-corrected chi connectivity index (χ1v) is 10.1. The van der Waals surface area contributed by atoms with Gasteiger partial charge in [-0.3, -0.25) is 0 Å². The summed E-state index contributed by atoms with van der Waals surface area (Å²) in [5.41, 5.74) is -3.15. The lowest BCUT2D eigenvalue weighted by molar-refractivity contribution is -0.184. The van der Waals surface area contributed by atoms with Crippen molar-refractivity contribution in [1.29, 1.82) is 0 Å². The largest absolute Gasteiger partial charge is 0.478 e. The lowest BCUT2D eigenvalue weighted by Gasteiger charge is -2.28. The number of nitrogens with one attached hydrogen (secondary N) is 1. The molecule has 0 bridgehead atoms. The Balaban J connectivity index is 2.99. The predicted octanol–water partition coefficient (Wildman–Crippen LogP) is 3.31. The average Bonchev–Trinajstić information content (AvgIpc) is 2.68. The number of rotatable bonds is 10. The van der Waals surface area contributed by atoms with Gasteiger partial charge in [0.15, 0.2) is 0 Å². The molecule has 0 fully saturated rings. The minimum absolute atomic E-state index is 0.00341. The van der Waals surface area contributed by atoms with Crippen LogP contribution in [0.25, 0.3) is 0 Å². The molecule has 0 saturated heterocycles. The fourth-order valence-electron chi connectivity index (χ4n) is 2.43. The average molecular weight is 437 g/mol. The number of hydrogen-bond acceptors (Lipinski definition) is 7. The first kappa shape index (κ1) is 25.9. The van der Waals surface area contributed by atoms with Gasteiger partial charge in [0.1, 0.15) is 5.60 Å². The molecule has 1 aromatic rings. The third-order valence-corrected chi connectivity index (χ3v) is 4.21. The monoisotopic (exact) mass is 437 g/mol. The van der Waals surface area contributed by atoms with Gasteiger partial charge < -0.3 is 24.6 Å². The summed E-state index contributed by atoms with van der Waals surface area (Å²) in [6.45, 7) is 8.49. The van der Waals surface area contributed by atoms with E-state index in [-0.39, 0.29) is 18.5 Å². The van der Waals surface area contributed by atoms with Crippen LogP contribution in [0.4, 0.5) is 4.79 Å². The molecule has 0 aliphatic rings. The SMILES string of the molecule is CCC(C)OC(=O)C(CCCNC(=O)OC(C)(C)C)(OC(=O)c1ccccc1)C(=O)O. The van der Waals surface area contributed by atoms with E-state index in [1.165, 1.54) is 12.1 Å². The lowest BCUT2D eigenvalue weighted by Crippen LogP contribution is -2.52. The molecular formula is C22H31NO8. The molecule has 1 rings (SSSR count). The van der Waals surface area contributed by atoms with Crippen molar-refractivity contribution in [2.45, 2.75) is 71.2 Å². The van der Waals surface area contributed by atoms with Gasteiger partial charge in [-0.1, -0.05) is 25.1 Å². The molecule has 2 unspecified atom stereocenters. The van der Waals surface area contributed by atoms with Gasteiger partial charge in [-0.15, -0.1) is 0 Å². The van der Waals surface area contributed by atoms with E-state index in [4.69, 9.17) is 14.2 Å². The van der Waals surface area contributed by atoms with Crippen LogP contribution < -0.4 is 5.32 Å². The van der Waals surface area contributed by atoms with Crippen LogP contribution in [0.2, 0.25) is 0 Å². The summed E-state index contributed by atoms with van der Waals surface area (Å²) >= 11 is 0. The van der Waals surface area contributed by atoms with Gasteiger partial charge in [0.2, 0.25) is 0 Å². The topological polar surface area (TPSA) is 128 Å². The number of carbonyl (C=O) groups is 4. The number of benzene rings is 1. The maximum Gasteiger partial charge on any atom is 0.407 e. The highest BCUT2D eigenvalue weighted by atomic mass is 16.6. The Labute approximate surface area is 182 Å². The second-order valence-electron chi connectivity index (χ2n) is 8.04. The number of amides is 1. The number of carboxylic acids is 1. The number of ether oxygens (including phenoxy) is 3. The van der Waals surface area contributed by atoms with Crippen molar-refractivity contribution in [2.75, 3.05) is 6.54 Å². The van der Waals surface area contributed by atoms with Gasteiger partial charge in [0.05, 0.1) is 11.7 Å². The van der Waals surface area contributed by atoms with Crippen LogP contribution in [0.5, 0.6) is 0 Å². The highest BCUT2D eigenvalue weighted by Gasteiger charge is 2.52. The molecule has 9 nitrogen and oxygen atoms in total. The third-order valence-electron chi connectivity index (χ3n) is 4.21. The fourth-order valence-corrected chi connectivity index (χ4v) is 2.43. The van der Waals surface area contributed by atoms with Crippen molar-refractivity contribution in [3.8, 4) is 0 Å². The van der Waals surface area contributed by atoms with Crippen LogP contribution in [-0.2, 0) is 23.8 Å². The highest BCUT2D eigenvalue weighted by Crippen LogP contribution is 2.24. The second kappa shape index (κ2) is 11.3. The van der Waals surface area contributed by atoms with E-state index in [0.717, 1.165) is 0 Å². The molecule has 0 aliphatic carbocycles. The normalized spacial score (nSPS) is 14.0. The quantitative estimate of drug-likeness (QED) is 0.247. The summed E-state index contributed by atoms with van der Waals surface area (Å²) in [6.07, 6.45) is -1.18. The van der Waals surface area contributed by atoms with E-state index >= 15 is 0 Å². The van der Waals surface area contributed by atoms with Crippen molar-refractivity contribution in [1.82, 2.24) is 5.32 Å². The summed E-state index contributed by atoms with van der Waals surface area (Å²) in [7, 11) is 0. The minimum atomic E-state index is -2.55. The smallest absolute Gasteiger partial charge is 0.407 e. The molecule has 0 heterocycles. The number of alkyl carbamates (subject to hydrolysis) is 1. The lowest BCUT2D eigenvalue weighted by atomic mass is 9.97. The van der Waals surface area contributed by atoms with Crippen LogP contribution in [0, 0.1) is 0 Å². The number of carbonyl (C=O) groups excluding carboxylic acids is 3. The molecule has 9 heteroatoms. The Morgan fingerprint density at radius 3 is 2.19 bits per heavy atom. The molecule has 31 heavy (non-hydrogen) atoms. The Bertz CT molecular complexity index is 771. The second-order valence-corrected chi connectivity index (χ2v) is 8.04. The van der Waals surface area contributed by atoms with Crippen molar-refractivity contribution < 1.29 is 38.5 Å². The number of hydrogen-bond donors (Lipinski definition) is 2. The van der Waals surface area contributed by atoms with Crippen LogP contribution in [-0.4, -0.2) is 53.0 Å². The van der Waals surface area contributed by atoms with Crippen molar-refractivity contribution in [3.63, 3.8) is 0 Å². The zero-order valence-corrected chi connectivity index (χ0v) is 18.6. The van der Waals surface area contributed by atoms with Gasteiger partial charge in [-0.25, -0.2) is 19.2 Å². The van der Waals surface area contributed by atoms with Gasteiger partial charge in [-0.05, 0) is 52.7 Å². The summed E-state index contributed by atoms with van der Waals surface area (Å²) in [5, 5.41) is 12.3. The Morgan fingerprint density at radius 2 is 1.68 bits per heavy atom. The van der Waals surface area contributed by atoms with Crippen LogP contribution in [0.15, 0.2) is 30.3 Å². The zero-order valence-electron chi connectivity index (χ0n) is 18.6. The van der Waals surface area contributed by atoms with E-state index in [1.54, 1.807) is 52.8 Å². The van der Waals surface area contributed by atoms with E-state index in [0.29, 0.717) is 6.42 Å². The van der Waals surface area contributed by atoms with Crippen molar-refractivity contribution in [3.05, 3.63) is 35.9 Å². The molecule has 172 valence electrons. The van der Waals surface area contributed by atoms with Gasteiger partial charge in [0, 0.05) is 13.0 Å². The van der Waals surface area contributed by atoms with Gasteiger partial charge in [0.25, 0.3) is 0 Å².